The topological polar surface area (TPSA) is 76.1 Å². The number of aryl methyl sites for hydroxylation is 2. The van der Waals surface area contributed by atoms with E-state index in [0.29, 0.717) is 28.9 Å². The van der Waals surface area contributed by atoms with Crippen LogP contribution >= 0.6 is 12.2 Å². The van der Waals surface area contributed by atoms with Gasteiger partial charge in [0, 0.05) is 12.2 Å². The summed E-state index contributed by atoms with van der Waals surface area (Å²) in [6, 6.07) is 10.5. The van der Waals surface area contributed by atoms with E-state index in [1.54, 1.807) is 13.8 Å². The second-order valence-electron chi connectivity index (χ2n) is 5.94. The third-order valence-corrected chi connectivity index (χ3v) is 4.01. The molecule has 0 fully saturated rings. The van der Waals surface area contributed by atoms with Gasteiger partial charge in [0.2, 0.25) is 5.95 Å². The van der Waals surface area contributed by atoms with Crippen molar-refractivity contribution in [3.63, 3.8) is 0 Å². The van der Waals surface area contributed by atoms with Crippen LogP contribution in [-0.4, -0.2) is 33.7 Å². The number of hydrogen-bond acceptors (Lipinski definition) is 5. The molecule has 0 radical (unpaired) electrons. The second-order valence-corrected chi connectivity index (χ2v) is 6.35. The minimum Gasteiger partial charge on any atom is -0.462 e. The van der Waals surface area contributed by atoms with Gasteiger partial charge in [0.15, 0.2) is 5.11 Å². The SMILES string of the molecule is CCOC(=O)c1cnc(NC(=S)N[C@H](C)CCc2ccccc2)nc1C. The van der Waals surface area contributed by atoms with Crippen molar-refractivity contribution in [1.82, 2.24) is 15.3 Å². The van der Waals surface area contributed by atoms with Gasteiger partial charge in [-0.1, -0.05) is 30.3 Å². The molecule has 1 heterocycles. The fourth-order valence-corrected chi connectivity index (χ4v) is 2.69. The van der Waals surface area contributed by atoms with Gasteiger partial charge in [0.25, 0.3) is 0 Å². The minimum absolute atomic E-state index is 0.204. The lowest BCUT2D eigenvalue weighted by molar-refractivity contribution is 0.0524. The standard InChI is InChI=1S/C19H24N4O2S/c1-4-25-17(24)16-12-20-18(22-14(16)3)23-19(26)21-13(2)10-11-15-8-6-5-7-9-15/h5-9,12-13H,4,10-11H2,1-3H3,(H2,20,21,22,23,26)/t13-/m1/s1. The zero-order chi connectivity index (χ0) is 18.9. The first kappa shape index (κ1) is 19.8. The number of benzene rings is 1. The van der Waals surface area contributed by atoms with E-state index in [1.165, 1.54) is 11.8 Å². The van der Waals surface area contributed by atoms with Gasteiger partial charge < -0.3 is 15.4 Å². The van der Waals surface area contributed by atoms with E-state index < -0.39 is 5.97 Å². The quantitative estimate of drug-likeness (QED) is 0.570. The van der Waals surface area contributed by atoms with Crippen LogP contribution in [0.25, 0.3) is 0 Å². The molecule has 138 valence electrons. The fourth-order valence-electron chi connectivity index (χ4n) is 2.40. The summed E-state index contributed by atoms with van der Waals surface area (Å²) in [5.41, 5.74) is 2.20. The van der Waals surface area contributed by atoms with Crippen LogP contribution in [0.4, 0.5) is 5.95 Å². The molecule has 0 saturated heterocycles. The van der Waals surface area contributed by atoms with Crippen molar-refractivity contribution in [2.45, 2.75) is 39.7 Å². The van der Waals surface area contributed by atoms with E-state index in [1.807, 2.05) is 18.2 Å². The molecule has 7 heteroatoms. The molecule has 26 heavy (non-hydrogen) atoms. The van der Waals surface area contributed by atoms with Gasteiger partial charge in [-0.2, -0.15) is 0 Å². The molecule has 1 aromatic heterocycles. The smallest absolute Gasteiger partial charge is 0.341 e. The maximum Gasteiger partial charge on any atom is 0.341 e. The Balaban J connectivity index is 1.85. The average molecular weight is 372 g/mol. The maximum atomic E-state index is 11.8. The Kier molecular flexibility index (Phi) is 7.47. The van der Waals surface area contributed by atoms with Crippen LogP contribution in [0.3, 0.4) is 0 Å². The molecule has 0 saturated carbocycles. The molecular weight excluding hydrogens is 348 g/mol. The number of carbonyl (C=O) groups excluding carboxylic acids is 1. The number of aromatic nitrogens is 2. The predicted octanol–water partition coefficient (Wildman–Crippen LogP) is 3.27. The Bertz CT molecular complexity index is 752. The fraction of sp³-hybridized carbons (Fsp3) is 0.368. The number of rotatable bonds is 7. The third kappa shape index (κ3) is 6.07. The Labute approximate surface area is 159 Å². The first-order valence-corrected chi connectivity index (χ1v) is 9.02. The highest BCUT2D eigenvalue weighted by molar-refractivity contribution is 7.80. The molecule has 2 N–H and O–H groups in total. The maximum absolute atomic E-state index is 11.8. The van der Waals surface area contributed by atoms with Crippen molar-refractivity contribution in [3.8, 4) is 0 Å². The molecule has 0 aliphatic heterocycles. The van der Waals surface area contributed by atoms with Gasteiger partial charge >= 0.3 is 5.97 Å². The van der Waals surface area contributed by atoms with Crippen LogP contribution < -0.4 is 10.6 Å². The zero-order valence-corrected chi connectivity index (χ0v) is 16.1. The number of carbonyl (C=O) groups is 1. The highest BCUT2D eigenvalue weighted by Gasteiger charge is 2.13. The number of hydrogen-bond donors (Lipinski definition) is 2. The van der Waals surface area contributed by atoms with Crippen molar-refractivity contribution in [2.24, 2.45) is 0 Å². The van der Waals surface area contributed by atoms with Gasteiger partial charge in [-0.15, -0.1) is 0 Å². The van der Waals surface area contributed by atoms with Crippen molar-refractivity contribution in [2.75, 3.05) is 11.9 Å². The normalized spacial score (nSPS) is 11.5. The van der Waals surface area contributed by atoms with Gasteiger partial charge in [0.05, 0.1) is 17.9 Å². The Hall–Kier alpha value is -2.54. The van der Waals surface area contributed by atoms with Crippen molar-refractivity contribution < 1.29 is 9.53 Å². The molecule has 0 amide bonds. The molecule has 2 rings (SSSR count). The highest BCUT2D eigenvalue weighted by atomic mass is 32.1. The molecule has 1 atom stereocenters. The third-order valence-electron chi connectivity index (χ3n) is 3.79. The summed E-state index contributed by atoms with van der Waals surface area (Å²) in [6.07, 6.45) is 3.37. The average Bonchev–Trinajstić information content (AvgIpc) is 2.61. The Morgan fingerprint density at radius 2 is 2.04 bits per heavy atom. The van der Waals surface area contributed by atoms with Crippen LogP contribution in [-0.2, 0) is 11.2 Å². The molecule has 0 unspecified atom stereocenters. The monoisotopic (exact) mass is 372 g/mol. The first-order valence-electron chi connectivity index (χ1n) is 8.61. The van der Waals surface area contributed by atoms with E-state index in [4.69, 9.17) is 17.0 Å². The molecule has 2 aromatic rings. The lowest BCUT2D eigenvalue weighted by Gasteiger charge is -2.16. The molecule has 0 bridgehead atoms. The molecule has 6 nitrogen and oxygen atoms in total. The van der Waals surface area contributed by atoms with Crippen LogP contribution in [0.1, 0.15) is 41.9 Å². The van der Waals surface area contributed by atoms with Crippen LogP contribution in [0.5, 0.6) is 0 Å². The number of thiocarbonyl (C=S) groups is 1. The largest absolute Gasteiger partial charge is 0.462 e. The van der Waals surface area contributed by atoms with E-state index in [-0.39, 0.29) is 6.04 Å². The number of esters is 1. The van der Waals surface area contributed by atoms with Gasteiger partial charge in [0.1, 0.15) is 0 Å². The van der Waals surface area contributed by atoms with E-state index in [0.717, 1.165) is 12.8 Å². The molecule has 0 aliphatic carbocycles. The van der Waals surface area contributed by atoms with Gasteiger partial charge in [-0.3, -0.25) is 0 Å². The van der Waals surface area contributed by atoms with Crippen LogP contribution in [0, 0.1) is 6.92 Å². The first-order chi connectivity index (χ1) is 12.5. The summed E-state index contributed by atoms with van der Waals surface area (Å²) < 4.78 is 4.97. The van der Waals surface area contributed by atoms with Gasteiger partial charge in [-0.25, -0.2) is 14.8 Å². The van der Waals surface area contributed by atoms with Crippen molar-refractivity contribution in [3.05, 3.63) is 53.3 Å². The van der Waals surface area contributed by atoms with Gasteiger partial charge in [-0.05, 0) is 51.4 Å². The summed E-state index contributed by atoms with van der Waals surface area (Å²) in [7, 11) is 0. The van der Waals surface area contributed by atoms with Crippen molar-refractivity contribution in [1.29, 1.82) is 0 Å². The second kappa shape index (κ2) is 9.82. The number of nitrogens with zero attached hydrogens (tertiary/aromatic N) is 2. The molecule has 1 aromatic carbocycles. The summed E-state index contributed by atoms with van der Waals surface area (Å²) in [6.45, 7) is 5.88. The molecule has 0 spiro atoms. The summed E-state index contributed by atoms with van der Waals surface area (Å²) in [5, 5.41) is 6.63. The van der Waals surface area contributed by atoms with Crippen LogP contribution in [0.2, 0.25) is 0 Å². The molecular formula is C19H24N4O2S. The Morgan fingerprint density at radius 1 is 1.31 bits per heavy atom. The number of ether oxygens (including phenoxy) is 1. The van der Waals surface area contributed by atoms with E-state index in [2.05, 4.69) is 39.7 Å². The Morgan fingerprint density at radius 3 is 2.69 bits per heavy atom. The minimum atomic E-state index is -0.424. The van der Waals surface area contributed by atoms with E-state index in [9.17, 15) is 4.79 Å². The zero-order valence-electron chi connectivity index (χ0n) is 15.3. The van der Waals surface area contributed by atoms with E-state index >= 15 is 0 Å². The number of anilines is 1. The highest BCUT2D eigenvalue weighted by Crippen LogP contribution is 2.09. The lowest BCUT2D eigenvalue weighted by Crippen LogP contribution is -2.36. The summed E-state index contributed by atoms with van der Waals surface area (Å²) in [4.78, 5) is 20.2. The summed E-state index contributed by atoms with van der Waals surface area (Å²) >= 11 is 5.32. The lowest BCUT2D eigenvalue weighted by atomic mass is 10.1. The predicted molar refractivity (Wildman–Crippen MR) is 106 cm³/mol. The van der Waals surface area contributed by atoms with Crippen LogP contribution in [0.15, 0.2) is 36.5 Å². The number of nitrogens with one attached hydrogen (secondary N) is 2. The summed E-state index contributed by atoms with van der Waals surface area (Å²) in [5.74, 6) is -0.0740. The van der Waals surface area contributed by atoms with Crippen molar-refractivity contribution >= 4 is 29.2 Å². The molecule has 0 aliphatic rings.